The van der Waals surface area contributed by atoms with Crippen molar-refractivity contribution in [1.82, 2.24) is 5.32 Å². The Hall–Kier alpha value is -2.06. The fraction of sp³-hybridized carbons (Fsp3) is 0.375. The topological polar surface area (TPSA) is 55.4 Å². The molecule has 1 fully saturated rings. The van der Waals surface area contributed by atoms with Gasteiger partial charge in [-0.3, -0.25) is 4.79 Å². The van der Waals surface area contributed by atoms with E-state index in [0.29, 0.717) is 18.6 Å². The molecule has 1 aliphatic rings. The second-order valence-electron chi connectivity index (χ2n) is 6.06. The monoisotopic (exact) mass is 301 g/mol. The first-order valence-electron chi connectivity index (χ1n) is 6.96. The summed E-state index contributed by atoms with van der Waals surface area (Å²) in [5.74, 6) is 2.52. The van der Waals surface area contributed by atoms with Gasteiger partial charge in [0.15, 0.2) is 0 Å². The molecule has 1 aromatic carbocycles. The molecule has 1 heterocycles. The van der Waals surface area contributed by atoms with Gasteiger partial charge >= 0.3 is 5.97 Å². The summed E-state index contributed by atoms with van der Waals surface area (Å²) in [6, 6.07) is 6.58. The molecule has 4 nitrogen and oxygen atoms in total. The fourth-order valence-electron chi connectivity index (χ4n) is 1.83. The van der Waals surface area contributed by atoms with Gasteiger partial charge in [-0.1, -0.05) is 25.6 Å². The van der Waals surface area contributed by atoms with E-state index in [0.717, 1.165) is 5.56 Å². The van der Waals surface area contributed by atoms with E-state index >= 15 is 0 Å². The van der Waals surface area contributed by atoms with Gasteiger partial charge in [-0.05, 0) is 24.3 Å². The molecule has 0 aromatic heterocycles. The number of nitrogens with one attached hydrogen (secondary N) is 1. The van der Waals surface area contributed by atoms with Crippen LogP contribution in [0.5, 0.6) is 0 Å². The van der Waals surface area contributed by atoms with E-state index in [9.17, 15) is 9.59 Å². The number of rotatable bonds is 2. The summed E-state index contributed by atoms with van der Waals surface area (Å²) in [6.45, 7) is 6.92. The zero-order valence-corrected chi connectivity index (χ0v) is 13.5. The van der Waals surface area contributed by atoms with E-state index in [2.05, 4.69) is 36.4 Å². The Morgan fingerprint density at radius 1 is 1.29 bits per heavy atom. The SMILES string of the molecule is C[Si](C)(C)C#Cc1ccc(C(=O)N[C@H]2CCOC2=O)cc1. The molecular formula is C16H19NO3Si. The maximum Gasteiger partial charge on any atom is 0.328 e. The van der Waals surface area contributed by atoms with E-state index in [1.807, 2.05) is 12.1 Å². The number of carbonyl (C=O) groups excluding carboxylic acids is 2. The third-order valence-corrected chi connectivity index (χ3v) is 3.84. The summed E-state index contributed by atoms with van der Waals surface area (Å²) in [5, 5.41) is 2.68. The highest BCUT2D eigenvalue weighted by atomic mass is 28.3. The van der Waals surface area contributed by atoms with Crippen LogP contribution in [0.25, 0.3) is 0 Å². The molecule has 0 radical (unpaired) electrons. The van der Waals surface area contributed by atoms with Crippen molar-refractivity contribution in [2.75, 3.05) is 6.61 Å². The normalized spacial score (nSPS) is 17.7. The summed E-state index contributed by atoms with van der Waals surface area (Å²) in [6.07, 6.45) is 0.532. The summed E-state index contributed by atoms with van der Waals surface area (Å²) in [7, 11) is -1.40. The highest BCUT2D eigenvalue weighted by Gasteiger charge is 2.28. The van der Waals surface area contributed by atoms with Crippen molar-refractivity contribution in [3.8, 4) is 11.5 Å². The second-order valence-corrected chi connectivity index (χ2v) is 10.8. The minimum atomic E-state index is -1.40. The van der Waals surface area contributed by atoms with Crippen molar-refractivity contribution in [3.05, 3.63) is 35.4 Å². The first-order valence-corrected chi connectivity index (χ1v) is 10.5. The van der Waals surface area contributed by atoms with Crippen LogP contribution < -0.4 is 5.32 Å². The average molecular weight is 301 g/mol. The van der Waals surface area contributed by atoms with Gasteiger partial charge in [0.05, 0.1) is 6.61 Å². The zero-order valence-electron chi connectivity index (χ0n) is 12.5. The fourth-order valence-corrected chi connectivity index (χ4v) is 2.35. The maximum atomic E-state index is 12.0. The minimum absolute atomic E-state index is 0.261. The van der Waals surface area contributed by atoms with Crippen LogP contribution in [0.15, 0.2) is 24.3 Å². The van der Waals surface area contributed by atoms with Gasteiger partial charge in [0.1, 0.15) is 14.1 Å². The van der Waals surface area contributed by atoms with Crippen LogP contribution in [0, 0.1) is 11.5 Å². The summed E-state index contributed by atoms with van der Waals surface area (Å²) >= 11 is 0. The lowest BCUT2D eigenvalue weighted by molar-refractivity contribution is -0.139. The molecule has 110 valence electrons. The number of amides is 1. The van der Waals surface area contributed by atoms with Gasteiger partial charge in [-0.2, -0.15) is 0 Å². The molecule has 1 amide bonds. The smallest absolute Gasteiger partial charge is 0.328 e. The van der Waals surface area contributed by atoms with Crippen molar-refractivity contribution in [3.63, 3.8) is 0 Å². The Balaban J connectivity index is 2.02. The van der Waals surface area contributed by atoms with Crippen LogP contribution in [0.3, 0.4) is 0 Å². The third-order valence-electron chi connectivity index (χ3n) is 2.97. The first-order chi connectivity index (χ1) is 9.85. The van der Waals surface area contributed by atoms with Gasteiger partial charge in [0.2, 0.25) is 0 Å². The summed E-state index contributed by atoms with van der Waals surface area (Å²) < 4.78 is 4.82. The van der Waals surface area contributed by atoms with Gasteiger partial charge in [0.25, 0.3) is 5.91 Å². The lowest BCUT2D eigenvalue weighted by atomic mass is 10.1. The van der Waals surface area contributed by atoms with Crippen LogP contribution in [0.4, 0.5) is 0 Å². The number of hydrogen-bond donors (Lipinski definition) is 1. The lowest BCUT2D eigenvalue weighted by Gasteiger charge is -2.08. The Bertz CT molecular complexity index is 605. The first kappa shape index (κ1) is 15.3. The molecular weight excluding hydrogens is 282 g/mol. The molecule has 0 spiro atoms. The largest absolute Gasteiger partial charge is 0.464 e. The highest BCUT2D eigenvalue weighted by molar-refractivity contribution is 6.83. The zero-order chi connectivity index (χ0) is 15.5. The molecule has 1 atom stereocenters. The van der Waals surface area contributed by atoms with E-state index in [-0.39, 0.29) is 11.9 Å². The van der Waals surface area contributed by atoms with E-state index in [4.69, 9.17) is 4.74 Å². The molecule has 1 aliphatic heterocycles. The number of hydrogen-bond acceptors (Lipinski definition) is 3. The second kappa shape index (κ2) is 6.14. The Labute approximate surface area is 125 Å². The van der Waals surface area contributed by atoms with Crippen molar-refractivity contribution in [2.24, 2.45) is 0 Å². The summed E-state index contributed by atoms with van der Waals surface area (Å²) in [4.78, 5) is 23.3. The highest BCUT2D eigenvalue weighted by Crippen LogP contribution is 2.09. The minimum Gasteiger partial charge on any atom is -0.464 e. The molecule has 21 heavy (non-hydrogen) atoms. The number of esters is 1. The standard InChI is InChI=1S/C16H19NO3Si/c1-21(2,3)11-9-12-4-6-13(7-5-12)15(18)17-14-8-10-20-16(14)19/h4-7,14H,8,10H2,1-3H3,(H,17,18)/t14-/m0/s1. The maximum absolute atomic E-state index is 12.0. The molecule has 1 aromatic rings. The van der Waals surface area contributed by atoms with Crippen LogP contribution in [-0.4, -0.2) is 32.6 Å². The van der Waals surface area contributed by atoms with Crippen molar-refractivity contribution >= 4 is 20.0 Å². The molecule has 1 saturated heterocycles. The Kier molecular flexibility index (Phi) is 4.49. The lowest BCUT2D eigenvalue weighted by Crippen LogP contribution is -2.37. The van der Waals surface area contributed by atoms with Crippen molar-refractivity contribution in [2.45, 2.75) is 32.1 Å². The summed E-state index contributed by atoms with van der Waals surface area (Å²) in [5.41, 5.74) is 4.70. The molecule has 0 saturated carbocycles. The quantitative estimate of drug-likeness (QED) is 0.516. The van der Waals surface area contributed by atoms with Gasteiger partial charge in [0, 0.05) is 17.5 Å². The molecule has 0 aliphatic carbocycles. The number of benzene rings is 1. The van der Waals surface area contributed by atoms with E-state index in [1.54, 1.807) is 12.1 Å². The van der Waals surface area contributed by atoms with Crippen molar-refractivity contribution in [1.29, 1.82) is 0 Å². The third kappa shape index (κ3) is 4.47. The number of cyclic esters (lactones) is 1. The molecule has 0 unspecified atom stereocenters. The van der Waals surface area contributed by atoms with Crippen LogP contribution in [-0.2, 0) is 9.53 Å². The van der Waals surface area contributed by atoms with Crippen molar-refractivity contribution < 1.29 is 14.3 Å². The molecule has 5 heteroatoms. The van der Waals surface area contributed by atoms with Gasteiger partial charge in [-0.25, -0.2) is 4.79 Å². The van der Waals surface area contributed by atoms with Crippen LogP contribution in [0.2, 0.25) is 19.6 Å². The number of ether oxygens (including phenoxy) is 1. The Morgan fingerprint density at radius 2 is 1.95 bits per heavy atom. The van der Waals surface area contributed by atoms with Crippen LogP contribution in [0.1, 0.15) is 22.3 Å². The predicted octanol–water partition coefficient (Wildman–Crippen LogP) is 1.96. The average Bonchev–Trinajstić information content (AvgIpc) is 2.82. The van der Waals surface area contributed by atoms with E-state index in [1.165, 1.54) is 0 Å². The van der Waals surface area contributed by atoms with Crippen LogP contribution >= 0.6 is 0 Å². The predicted molar refractivity (Wildman–Crippen MR) is 83.5 cm³/mol. The number of carbonyl (C=O) groups is 2. The van der Waals surface area contributed by atoms with E-state index < -0.39 is 14.1 Å². The molecule has 2 rings (SSSR count). The molecule has 0 bridgehead atoms. The molecule has 1 N–H and O–H groups in total. The Morgan fingerprint density at radius 3 is 2.48 bits per heavy atom. The van der Waals surface area contributed by atoms with Gasteiger partial charge < -0.3 is 10.1 Å². The van der Waals surface area contributed by atoms with Gasteiger partial charge in [-0.15, -0.1) is 5.54 Å².